The predicted octanol–water partition coefficient (Wildman–Crippen LogP) is 6.56. The smallest absolute Gasteiger partial charge is 0.323 e. The van der Waals surface area contributed by atoms with Gasteiger partial charge in [-0.15, -0.1) is 0 Å². The maximum Gasteiger partial charge on any atom is 0.323 e. The van der Waals surface area contributed by atoms with Gasteiger partial charge in [-0.2, -0.15) is 0 Å². The fourth-order valence-corrected chi connectivity index (χ4v) is 3.37. The minimum Gasteiger partial charge on any atom is -0.481 e. The molecule has 3 rings (SSSR count). The largest absolute Gasteiger partial charge is 0.481 e. The number of aliphatic carboxylic acids is 1. The molecule has 0 aliphatic rings. The normalized spacial score (nSPS) is 11.3. The van der Waals surface area contributed by atoms with Gasteiger partial charge in [0.25, 0.3) is 0 Å². The Morgan fingerprint density at radius 2 is 1.65 bits per heavy atom. The van der Waals surface area contributed by atoms with Crippen LogP contribution in [0.25, 0.3) is 11.3 Å². The van der Waals surface area contributed by atoms with Crippen LogP contribution in [-0.4, -0.2) is 22.1 Å². The molecule has 0 bridgehead atoms. The van der Waals surface area contributed by atoms with Crippen molar-refractivity contribution in [2.45, 2.75) is 32.6 Å². The molecule has 0 radical (unpaired) electrons. The summed E-state index contributed by atoms with van der Waals surface area (Å²) in [5, 5.41) is 15.2. The molecule has 0 aliphatic heterocycles. The number of H-pyrrole nitrogens is 1. The highest BCUT2D eigenvalue weighted by Gasteiger charge is 2.21. The highest BCUT2D eigenvalue weighted by atomic mass is 35.5. The summed E-state index contributed by atoms with van der Waals surface area (Å²) in [7, 11) is 0. The fourth-order valence-electron chi connectivity index (χ4n) is 3.02. The summed E-state index contributed by atoms with van der Waals surface area (Å²) in [4.78, 5) is 27.0. The average Bonchev–Trinajstić information content (AvgIpc) is 3.10. The molecule has 0 atom stereocenters. The Bertz CT molecular complexity index is 1120. The van der Waals surface area contributed by atoms with Crippen molar-refractivity contribution in [2.24, 2.45) is 0 Å². The SMILES string of the molecule is CC(C)(C)c1cc(NC(=O)Nc2cccc(Cl)c2Cl)c(-c2ccc(CC(=O)O)cc2)[nH]1. The number of urea groups is 1. The number of halogens is 2. The van der Waals surface area contributed by atoms with Gasteiger partial charge >= 0.3 is 12.0 Å². The van der Waals surface area contributed by atoms with E-state index in [9.17, 15) is 9.59 Å². The summed E-state index contributed by atoms with van der Waals surface area (Å²) in [5.74, 6) is -0.888. The molecule has 0 saturated carbocycles. The number of carboxylic acid groups (broad SMARTS) is 1. The minimum absolute atomic E-state index is 0.0494. The first-order valence-corrected chi connectivity index (χ1v) is 10.4. The second-order valence-electron chi connectivity index (χ2n) is 8.17. The van der Waals surface area contributed by atoms with E-state index in [4.69, 9.17) is 28.3 Å². The summed E-state index contributed by atoms with van der Waals surface area (Å²) >= 11 is 12.2. The lowest BCUT2D eigenvalue weighted by molar-refractivity contribution is -0.136. The van der Waals surface area contributed by atoms with Gasteiger partial charge in [-0.05, 0) is 23.8 Å². The Balaban J connectivity index is 1.90. The second-order valence-corrected chi connectivity index (χ2v) is 8.95. The number of aromatic nitrogens is 1. The number of anilines is 2. The number of benzene rings is 2. The number of aromatic amines is 1. The van der Waals surface area contributed by atoms with E-state index >= 15 is 0 Å². The molecule has 0 fully saturated rings. The van der Waals surface area contributed by atoms with Crippen LogP contribution in [0, 0.1) is 0 Å². The van der Waals surface area contributed by atoms with Crippen molar-refractivity contribution < 1.29 is 14.7 Å². The molecule has 2 amide bonds. The topological polar surface area (TPSA) is 94.2 Å². The Morgan fingerprint density at radius 3 is 2.26 bits per heavy atom. The molecule has 4 N–H and O–H groups in total. The summed E-state index contributed by atoms with van der Waals surface area (Å²) in [5.41, 5.74) is 3.99. The summed E-state index contributed by atoms with van der Waals surface area (Å²) < 4.78 is 0. The van der Waals surface area contributed by atoms with E-state index in [0.717, 1.165) is 17.0 Å². The summed E-state index contributed by atoms with van der Waals surface area (Å²) in [6.45, 7) is 6.19. The van der Waals surface area contributed by atoms with E-state index in [1.165, 1.54) is 0 Å². The van der Waals surface area contributed by atoms with Gasteiger partial charge in [-0.3, -0.25) is 4.79 Å². The van der Waals surface area contributed by atoms with E-state index < -0.39 is 12.0 Å². The third-order valence-corrected chi connectivity index (χ3v) is 5.49. The molecule has 1 aromatic heterocycles. The van der Waals surface area contributed by atoms with Crippen LogP contribution in [0.2, 0.25) is 10.0 Å². The van der Waals surface area contributed by atoms with E-state index in [-0.39, 0.29) is 16.9 Å². The van der Waals surface area contributed by atoms with Crippen LogP contribution in [0.4, 0.5) is 16.2 Å². The molecule has 1 heterocycles. The molecule has 0 saturated heterocycles. The fraction of sp³-hybridized carbons (Fsp3) is 0.217. The monoisotopic (exact) mass is 459 g/mol. The van der Waals surface area contributed by atoms with Gasteiger partial charge < -0.3 is 20.7 Å². The molecule has 6 nitrogen and oxygen atoms in total. The third kappa shape index (κ3) is 5.60. The van der Waals surface area contributed by atoms with Crippen molar-refractivity contribution in [3.8, 4) is 11.3 Å². The molecular formula is C23H23Cl2N3O3. The lowest BCUT2D eigenvalue weighted by Crippen LogP contribution is -2.19. The van der Waals surface area contributed by atoms with Gasteiger partial charge in [-0.1, -0.05) is 74.3 Å². The van der Waals surface area contributed by atoms with Crippen LogP contribution < -0.4 is 10.6 Å². The van der Waals surface area contributed by atoms with Crippen molar-refractivity contribution >= 4 is 46.6 Å². The first kappa shape index (κ1) is 22.7. The molecule has 0 spiro atoms. The van der Waals surface area contributed by atoms with Gasteiger partial charge in [0.05, 0.1) is 33.5 Å². The Hall–Kier alpha value is -2.96. The number of carbonyl (C=O) groups excluding carboxylic acids is 1. The molecule has 0 aliphatic carbocycles. The zero-order valence-electron chi connectivity index (χ0n) is 17.3. The number of amides is 2. The zero-order valence-corrected chi connectivity index (χ0v) is 18.9. The zero-order chi connectivity index (χ0) is 22.8. The second kappa shape index (κ2) is 9.04. The first-order valence-electron chi connectivity index (χ1n) is 9.61. The molecule has 3 aromatic rings. The molecule has 162 valence electrons. The van der Waals surface area contributed by atoms with E-state index in [1.54, 1.807) is 30.3 Å². The van der Waals surface area contributed by atoms with Crippen LogP contribution in [0.15, 0.2) is 48.5 Å². The van der Waals surface area contributed by atoms with Crippen molar-refractivity contribution in [2.75, 3.05) is 10.6 Å². The number of hydrogen-bond acceptors (Lipinski definition) is 2. The van der Waals surface area contributed by atoms with Crippen molar-refractivity contribution in [1.29, 1.82) is 0 Å². The summed E-state index contributed by atoms with van der Waals surface area (Å²) in [6.07, 6.45) is -0.0494. The first-order chi connectivity index (χ1) is 14.5. The van der Waals surface area contributed by atoms with Gasteiger partial charge in [0.2, 0.25) is 0 Å². The number of nitrogens with one attached hydrogen (secondary N) is 3. The van der Waals surface area contributed by atoms with E-state index in [2.05, 4.69) is 36.4 Å². The predicted molar refractivity (Wildman–Crippen MR) is 125 cm³/mol. The molecule has 0 unspecified atom stereocenters. The van der Waals surface area contributed by atoms with Crippen LogP contribution in [0.1, 0.15) is 32.0 Å². The van der Waals surface area contributed by atoms with Gasteiger partial charge in [0, 0.05) is 16.7 Å². The standard InChI is InChI=1S/C23H23Cl2N3O3/c1-23(2,3)18-12-17(27-22(31)26-16-6-4-5-15(24)20(16)25)21(28-18)14-9-7-13(8-10-14)11-19(29)30/h4-10,12,28H,11H2,1-3H3,(H,29,30)(H2,26,27,31). The quantitative estimate of drug-likeness (QED) is 0.348. The Kier molecular flexibility index (Phi) is 6.62. The van der Waals surface area contributed by atoms with Crippen molar-refractivity contribution in [3.05, 3.63) is 69.8 Å². The molecular weight excluding hydrogens is 437 g/mol. The average molecular weight is 460 g/mol. The number of carbonyl (C=O) groups is 2. The van der Waals surface area contributed by atoms with Crippen LogP contribution in [0.3, 0.4) is 0 Å². The lowest BCUT2D eigenvalue weighted by atomic mass is 9.92. The maximum atomic E-state index is 12.7. The highest BCUT2D eigenvalue weighted by Crippen LogP contribution is 2.34. The van der Waals surface area contributed by atoms with Crippen LogP contribution in [0.5, 0.6) is 0 Å². The Morgan fingerprint density at radius 1 is 1.00 bits per heavy atom. The van der Waals surface area contributed by atoms with Crippen LogP contribution in [-0.2, 0) is 16.6 Å². The molecule has 31 heavy (non-hydrogen) atoms. The maximum absolute atomic E-state index is 12.7. The van der Waals surface area contributed by atoms with E-state index in [1.807, 2.05) is 18.2 Å². The van der Waals surface area contributed by atoms with Crippen molar-refractivity contribution in [1.82, 2.24) is 4.98 Å². The third-order valence-electron chi connectivity index (χ3n) is 4.67. The van der Waals surface area contributed by atoms with Crippen molar-refractivity contribution in [3.63, 3.8) is 0 Å². The molecule has 2 aromatic carbocycles. The Labute approximate surface area is 190 Å². The summed E-state index contributed by atoms with van der Waals surface area (Å²) in [6, 6.07) is 13.6. The van der Waals surface area contributed by atoms with Gasteiger partial charge in [0.1, 0.15) is 0 Å². The van der Waals surface area contributed by atoms with E-state index in [0.29, 0.717) is 22.0 Å². The van der Waals surface area contributed by atoms with Crippen LogP contribution >= 0.6 is 23.2 Å². The molecule has 8 heteroatoms. The number of hydrogen-bond donors (Lipinski definition) is 4. The van der Waals surface area contributed by atoms with Gasteiger partial charge in [0.15, 0.2) is 0 Å². The number of rotatable bonds is 5. The van der Waals surface area contributed by atoms with Gasteiger partial charge in [-0.25, -0.2) is 4.79 Å². The highest BCUT2D eigenvalue weighted by molar-refractivity contribution is 6.44. The lowest BCUT2D eigenvalue weighted by Gasteiger charge is -2.16. The minimum atomic E-state index is -0.888. The number of carboxylic acids is 1.